The van der Waals surface area contributed by atoms with Crippen molar-refractivity contribution in [1.82, 2.24) is 15.0 Å². The maximum atomic E-state index is 5.99. The molecule has 2 aromatic heterocycles. The van der Waals surface area contributed by atoms with Crippen molar-refractivity contribution in [3.63, 3.8) is 0 Å². The second kappa shape index (κ2) is 5.89. The quantitative estimate of drug-likeness (QED) is 0.476. The van der Waals surface area contributed by atoms with Crippen molar-refractivity contribution in [1.29, 1.82) is 0 Å². The van der Waals surface area contributed by atoms with Gasteiger partial charge in [-0.05, 0) is 12.1 Å². The third-order valence-electron chi connectivity index (χ3n) is 4.33. The van der Waals surface area contributed by atoms with Crippen LogP contribution in [0.15, 0.2) is 72.8 Å². The summed E-state index contributed by atoms with van der Waals surface area (Å²) in [7, 11) is 0. The molecule has 4 nitrogen and oxygen atoms in total. The van der Waals surface area contributed by atoms with Crippen LogP contribution in [-0.4, -0.2) is 15.0 Å². The summed E-state index contributed by atoms with van der Waals surface area (Å²) in [4.78, 5) is 13.4. The fourth-order valence-corrected chi connectivity index (χ4v) is 4.36. The molecule has 2 N–H and O–H groups in total. The van der Waals surface area contributed by atoms with Crippen LogP contribution >= 0.6 is 11.3 Å². The van der Waals surface area contributed by atoms with Crippen molar-refractivity contribution in [2.24, 2.45) is 0 Å². The van der Waals surface area contributed by atoms with Gasteiger partial charge in [0.1, 0.15) is 0 Å². The summed E-state index contributed by atoms with van der Waals surface area (Å²) in [6.45, 7) is 0. The number of thiophene rings is 1. The second-order valence-corrected chi connectivity index (χ2v) is 7.04. The van der Waals surface area contributed by atoms with E-state index in [1.165, 1.54) is 20.2 Å². The van der Waals surface area contributed by atoms with Crippen LogP contribution in [0.3, 0.4) is 0 Å². The maximum absolute atomic E-state index is 5.99. The minimum atomic E-state index is 0.229. The lowest BCUT2D eigenvalue weighted by molar-refractivity contribution is 1.08. The van der Waals surface area contributed by atoms with E-state index in [2.05, 4.69) is 40.3 Å². The predicted octanol–water partition coefficient (Wildman–Crippen LogP) is 5.16. The molecule has 26 heavy (non-hydrogen) atoms. The molecular weight excluding hydrogens is 340 g/mol. The second-order valence-electron chi connectivity index (χ2n) is 5.99. The Hall–Kier alpha value is -3.31. The molecule has 3 aromatic carbocycles. The topological polar surface area (TPSA) is 64.7 Å². The molecule has 0 saturated heterocycles. The van der Waals surface area contributed by atoms with Gasteiger partial charge in [0.25, 0.3) is 0 Å². The minimum absolute atomic E-state index is 0.229. The molecule has 0 amide bonds. The van der Waals surface area contributed by atoms with E-state index >= 15 is 0 Å². The van der Waals surface area contributed by atoms with E-state index in [4.69, 9.17) is 10.7 Å². The van der Waals surface area contributed by atoms with Crippen molar-refractivity contribution in [3.05, 3.63) is 72.8 Å². The van der Waals surface area contributed by atoms with Gasteiger partial charge in [-0.15, -0.1) is 11.3 Å². The summed E-state index contributed by atoms with van der Waals surface area (Å²) < 4.78 is 2.42. The fourth-order valence-electron chi connectivity index (χ4n) is 3.15. The zero-order valence-corrected chi connectivity index (χ0v) is 14.6. The first-order valence-corrected chi connectivity index (χ1v) is 9.09. The molecule has 0 bridgehead atoms. The number of fused-ring (bicyclic) bond motifs is 3. The lowest BCUT2D eigenvalue weighted by Crippen LogP contribution is -2.02. The van der Waals surface area contributed by atoms with E-state index in [-0.39, 0.29) is 5.95 Å². The number of anilines is 1. The lowest BCUT2D eigenvalue weighted by Gasteiger charge is -2.06. The highest BCUT2D eigenvalue weighted by molar-refractivity contribution is 7.26. The van der Waals surface area contributed by atoms with E-state index in [0.717, 1.165) is 11.1 Å². The van der Waals surface area contributed by atoms with Gasteiger partial charge in [-0.1, -0.05) is 60.7 Å². The molecule has 0 unspecified atom stereocenters. The van der Waals surface area contributed by atoms with Crippen molar-refractivity contribution < 1.29 is 0 Å². The smallest absolute Gasteiger partial charge is 0.224 e. The van der Waals surface area contributed by atoms with Crippen molar-refractivity contribution >= 4 is 37.5 Å². The standard InChI is InChI=1S/C21H14N4S/c22-21-24-19(13-7-2-1-3-8-13)23-20(25-21)16-11-6-10-15-14-9-4-5-12-17(14)26-18(15)16/h1-12H,(H2,22,23,24,25). The molecule has 0 saturated carbocycles. The molecule has 5 rings (SSSR count). The van der Waals surface area contributed by atoms with Crippen LogP contribution < -0.4 is 5.73 Å². The van der Waals surface area contributed by atoms with Crippen LogP contribution in [0.1, 0.15) is 0 Å². The summed E-state index contributed by atoms with van der Waals surface area (Å²) in [5, 5.41) is 2.46. The third kappa shape index (κ3) is 2.41. The Labute approximate surface area is 154 Å². The minimum Gasteiger partial charge on any atom is -0.368 e. The largest absolute Gasteiger partial charge is 0.368 e. The normalized spacial score (nSPS) is 11.2. The molecule has 5 aromatic rings. The molecule has 5 heteroatoms. The number of nitrogens with two attached hydrogens (primary N) is 1. The first kappa shape index (κ1) is 15.0. The number of nitrogen functional groups attached to an aromatic ring is 1. The SMILES string of the molecule is Nc1nc(-c2ccccc2)nc(-c2cccc3c2sc2ccccc23)n1. The molecule has 0 spiro atoms. The summed E-state index contributed by atoms with van der Waals surface area (Å²) in [6, 6.07) is 24.5. The Balaban J connectivity index is 1.77. The van der Waals surface area contributed by atoms with Gasteiger partial charge in [0.2, 0.25) is 5.95 Å². The Morgan fingerprint density at radius 2 is 1.38 bits per heavy atom. The Morgan fingerprint density at radius 3 is 2.27 bits per heavy atom. The first-order chi connectivity index (χ1) is 12.8. The molecule has 0 atom stereocenters. The van der Waals surface area contributed by atoms with Gasteiger partial charge >= 0.3 is 0 Å². The number of benzene rings is 3. The van der Waals surface area contributed by atoms with Crippen LogP contribution in [-0.2, 0) is 0 Å². The molecule has 2 heterocycles. The Kier molecular flexibility index (Phi) is 3.40. The van der Waals surface area contributed by atoms with E-state index in [0.29, 0.717) is 11.6 Å². The first-order valence-electron chi connectivity index (χ1n) is 8.27. The van der Waals surface area contributed by atoms with E-state index in [1.807, 2.05) is 42.5 Å². The zero-order valence-electron chi connectivity index (χ0n) is 13.8. The van der Waals surface area contributed by atoms with Gasteiger partial charge in [0.05, 0.1) is 0 Å². The van der Waals surface area contributed by atoms with Crippen LogP contribution in [0.25, 0.3) is 42.9 Å². The van der Waals surface area contributed by atoms with Gasteiger partial charge in [-0.3, -0.25) is 0 Å². The molecule has 0 aliphatic rings. The maximum Gasteiger partial charge on any atom is 0.224 e. The average Bonchev–Trinajstić information content (AvgIpc) is 3.07. The predicted molar refractivity (Wildman–Crippen MR) is 108 cm³/mol. The molecule has 0 radical (unpaired) electrons. The van der Waals surface area contributed by atoms with Gasteiger partial charge in [0.15, 0.2) is 11.6 Å². The number of hydrogen-bond acceptors (Lipinski definition) is 5. The van der Waals surface area contributed by atoms with Crippen LogP contribution in [0.5, 0.6) is 0 Å². The van der Waals surface area contributed by atoms with Crippen LogP contribution in [0.2, 0.25) is 0 Å². The van der Waals surface area contributed by atoms with Gasteiger partial charge in [-0.2, -0.15) is 9.97 Å². The summed E-state index contributed by atoms with van der Waals surface area (Å²) in [6.07, 6.45) is 0. The van der Waals surface area contributed by atoms with Gasteiger partial charge in [0, 0.05) is 31.3 Å². The van der Waals surface area contributed by atoms with Crippen molar-refractivity contribution in [2.75, 3.05) is 5.73 Å². The highest BCUT2D eigenvalue weighted by Crippen LogP contribution is 2.39. The van der Waals surface area contributed by atoms with Gasteiger partial charge in [-0.25, -0.2) is 4.98 Å². The summed E-state index contributed by atoms with van der Waals surface area (Å²) in [5.74, 6) is 1.42. The highest BCUT2D eigenvalue weighted by Gasteiger charge is 2.14. The highest BCUT2D eigenvalue weighted by atomic mass is 32.1. The molecular formula is C21H14N4S. The Morgan fingerprint density at radius 1 is 0.654 bits per heavy atom. The number of rotatable bonds is 2. The average molecular weight is 354 g/mol. The zero-order chi connectivity index (χ0) is 17.5. The fraction of sp³-hybridized carbons (Fsp3) is 0. The van der Waals surface area contributed by atoms with E-state index in [1.54, 1.807) is 11.3 Å². The van der Waals surface area contributed by atoms with Gasteiger partial charge < -0.3 is 5.73 Å². The lowest BCUT2D eigenvalue weighted by atomic mass is 10.1. The van der Waals surface area contributed by atoms with E-state index in [9.17, 15) is 0 Å². The Bertz CT molecular complexity index is 1250. The molecule has 0 fully saturated rings. The summed E-state index contributed by atoms with van der Waals surface area (Å²) >= 11 is 1.75. The van der Waals surface area contributed by atoms with Crippen molar-refractivity contribution in [3.8, 4) is 22.8 Å². The van der Waals surface area contributed by atoms with Crippen LogP contribution in [0, 0.1) is 0 Å². The third-order valence-corrected chi connectivity index (χ3v) is 5.55. The van der Waals surface area contributed by atoms with Crippen molar-refractivity contribution in [2.45, 2.75) is 0 Å². The molecule has 124 valence electrons. The molecule has 0 aliphatic carbocycles. The number of hydrogen-bond donors (Lipinski definition) is 1. The molecule has 0 aliphatic heterocycles. The van der Waals surface area contributed by atoms with E-state index < -0.39 is 0 Å². The monoisotopic (exact) mass is 354 g/mol. The number of nitrogens with zero attached hydrogens (tertiary/aromatic N) is 3. The number of aromatic nitrogens is 3. The summed E-state index contributed by atoms with van der Waals surface area (Å²) in [5.41, 5.74) is 7.90. The van der Waals surface area contributed by atoms with Crippen LogP contribution in [0.4, 0.5) is 5.95 Å².